The van der Waals surface area contributed by atoms with Crippen LogP contribution in [0.1, 0.15) is 44.2 Å². The monoisotopic (exact) mass is 206 g/mol. The van der Waals surface area contributed by atoms with Crippen molar-refractivity contribution in [3.63, 3.8) is 0 Å². The van der Waals surface area contributed by atoms with Crippen LogP contribution in [0.2, 0.25) is 0 Å². The average molecular weight is 206 g/mol. The van der Waals surface area contributed by atoms with Gasteiger partial charge in [-0.15, -0.1) is 11.8 Å². The predicted octanol–water partition coefficient (Wildman–Crippen LogP) is 4.37. The fourth-order valence-corrected chi connectivity index (χ4v) is 3.78. The lowest BCUT2D eigenvalue weighted by Gasteiger charge is -2.35. The molecule has 2 rings (SSSR count). The molecule has 0 saturated heterocycles. The molecule has 1 atom stereocenters. The van der Waals surface area contributed by atoms with Crippen molar-refractivity contribution in [3.05, 3.63) is 29.3 Å². The minimum Gasteiger partial charge on any atom is -0.120 e. The summed E-state index contributed by atoms with van der Waals surface area (Å²) in [4.78, 5) is 1.49. The minimum absolute atomic E-state index is 0.404. The average Bonchev–Trinajstić information content (AvgIpc) is 2.05. The van der Waals surface area contributed by atoms with E-state index in [9.17, 15) is 0 Å². The highest BCUT2D eigenvalue weighted by atomic mass is 32.2. The van der Waals surface area contributed by atoms with Crippen LogP contribution in [0.5, 0.6) is 0 Å². The predicted molar refractivity (Wildman–Crippen MR) is 64.1 cm³/mol. The van der Waals surface area contributed by atoms with Crippen molar-refractivity contribution < 1.29 is 0 Å². The number of rotatable bonds is 0. The summed E-state index contributed by atoms with van der Waals surface area (Å²) >= 11 is 2.03. The van der Waals surface area contributed by atoms with Gasteiger partial charge in [-0.3, -0.25) is 0 Å². The highest BCUT2D eigenvalue weighted by molar-refractivity contribution is 8.00. The maximum atomic E-state index is 2.35. The quantitative estimate of drug-likeness (QED) is 0.607. The van der Waals surface area contributed by atoms with Gasteiger partial charge in [0.1, 0.15) is 0 Å². The van der Waals surface area contributed by atoms with Crippen molar-refractivity contribution >= 4 is 11.8 Å². The molecular weight excluding hydrogens is 188 g/mol. The Balaban J connectivity index is 2.45. The highest BCUT2D eigenvalue weighted by Gasteiger charge is 2.30. The van der Waals surface area contributed by atoms with Gasteiger partial charge in [0.2, 0.25) is 0 Å². The van der Waals surface area contributed by atoms with Gasteiger partial charge in [0, 0.05) is 9.64 Å². The van der Waals surface area contributed by atoms with Crippen LogP contribution in [-0.2, 0) is 0 Å². The Morgan fingerprint density at radius 2 is 2.07 bits per heavy atom. The van der Waals surface area contributed by atoms with Gasteiger partial charge < -0.3 is 0 Å². The minimum atomic E-state index is 0.404. The van der Waals surface area contributed by atoms with E-state index in [2.05, 4.69) is 45.9 Å². The molecule has 0 N–H and O–H groups in total. The van der Waals surface area contributed by atoms with Gasteiger partial charge >= 0.3 is 0 Å². The van der Waals surface area contributed by atoms with Crippen LogP contribution in [0, 0.1) is 6.92 Å². The summed E-state index contributed by atoms with van der Waals surface area (Å²) in [5.41, 5.74) is 2.94. The summed E-state index contributed by atoms with van der Waals surface area (Å²) in [6.45, 7) is 9.21. The molecule has 0 spiro atoms. The van der Waals surface area contributed by atoms with Gasteiger partial charge in [-0.2, -0.15) is 0 Å². The first-order valence-electron chi connectivity index (χ1n) is 5.27. The molecule has 0 amide bonds. The third-order valence-electron chi connectivity index (χ3n) is 2.88. The highest BCUT2D eigenvalue weighted by Crippen LogP contribution is 2.47. The second kappa shape index (κ2) is 3.30. The Hall–Kier alpha value is -0.430. The Morgan fingerprint density at radius 1 is 1.36 bits per heavy atom. The van der Waals surface area contributed by atoms with E-state index in [1.54, 1.807) is 5.56 Å². The number of benzene rings is 1. The Morgan fingerprint density at radius 3 is 2.79 bits per heavy atom. The van der Waals surface area contributed by atoms with Gasteiger partial charge in [-0.25, -0.2) is 0 Å². The van der Waals surface area contributed by atoms with E-state index >= 15 is 0 Å². The molecule has 1 aliphatic heterocycles. The number of thioether (sulfide) groups is 1. The molecule has 0 bridgehead atoms. The van der Waals surface area contributed by atoms with Gasteiger partial charge in [0.25, 0.3) is 0 Å². The van der Waals surface area contributed by atoms with Crippen LogP contribution in [0.15, 0.2) is 23.1 Å². The zero-order valence-electron chi connectivity index (χ0n) is 9.42. The number of hydrogen-bond donors (Lipinski definition) is 0. The molecule has 0 saturated carbocycles. The Kier molecular flexibility index (Phi) is 2.38. The molecule has 0 nitrogen and oxygen atoms in total. The SMILES string of the molecule is Cc1ccc2c(c1)C(C)CC(C)(C)S2. The molecule has 76 valence electrons. The zero-order valence-corrected chi connectivity index (χ0v) is 10.2. The third kappa shape index (κ3) is 1.83. The fraction of sp³-hybridized carbons (Fsp3) is 0.538. The second-order valence-corrected chi connectivity index (χ2v) is 6.76. The first-order valence-corrected chi connectivity index (χ1v) is 6.09. The smallest absolute Gasteiger partial charge is 0.0156 e. The normalized spacial score (nSPS) is 24.4. The maximum Gasteiger partial charge on any atom is 0.0156 e. The van der Waals surface area contributed by atoms with Crippen molar-refractivity contribution in [2.24, 2.45) is 0 Å². The molecule has 1 aromatic rings. The largest absolute Gasteiger partial charge is 0.120 e. The molecule has 14 heavy (non-hydrogen) atoms. The van der Waals surface area contributed by atoms with E-state index < -0.39 is 0 Å². The van der Waals surface area contributed by atoms with Gasteiger partial charge in [0.05, 0.1) is 0 Å². The van der Waals surface area contributed by atoms with Crippen LogP contribution < -0.4 is 0 Å². The summed E-state index contributed by atoms with van der Waals surface area (Å²) in [5, 5.41) is 0. The molecule has 0 aromatic heterocycles. The van der Waals surface area contributed by atoms with E-state index in [0.29, 0.717) is 10.7 Å². The third-order valence-corrected chi connectivity index (χ3v) is 4.19. The first kappa shape index (κ1) is 10.1. The van der Waals surface area contributed by atoms with Crippen molar-refractivity contribution in [1.82, 2.24) is 0 Å². The van der Waals surface area contributed by atoms with Crippen molar-refractivity contribution in [2.45, 2.75) is 49.7 Å². The molecule has 1 aromatic carbocycles. The molecule has 0 radical (unpaired) electrons. The zero-order chi connectivity index (χ0) is 10.3. The molecule has 1 heterocycles. The summed E-state index contributed by atoms with van der Waals surface area (Å²) in [6.07, 6.45) is 1.29. The number of hydrogen-bond acceptors (Lipinski definition) is 1. The van der Waals surface area contributed by atoms with E-state index in [1.165, 1.54) is 16.9 Å². The fourth-order valence-electron chi connectivity index (χ4n) is 2.33. The maximum absolute atomic E-state index is 2.35. The van der Waals surface area contributed by atoms with Crippen molar-refractivity contribution in [2.75, 3.05) is 0 Å². The van der Waals surface area contributed by atoms with Crippen LogP contribution >= 0.6 is 11.8 Å². The van der Waals surface area contributed by atoms with E-state index in [1.807, 2.05) is 11.8 Å². The molecule has 1 heteroatoms. The second-order valence-electron chi connectivity index (χ2n) is 5.01. The number of fused-ring (bicyclic) bond motifs is 1. The molecule has 0 fully saturated rings. The molecular formula is C13H18S. The lowest BCUT2D eigenvalue weighted by atomic mass is 9.90. The van der Waals surface area contributed by atoms with Crippen LogP contribution in [0.4, 0.5) is 0 Å². The summed E-state index contributed by atoms with van der Waals surface area (Å²) in [7, 11) is 0. The van der Waals surface area contributed by atoms with Crippen LogP contribution in [0.3, 0.4) is 0 Å². The van der Waals surface area contributed by atoms with Gasteiger partial charge in [0.15, 0.2) is 0 Å². The molecule has 0 aliphatic carbocycles. The van der Waals surface area contributed by atoms with E-state index in [-0.39, 0.29) is 0 Å². The molecule has 1 aliphatic rings. The summed E-state index contributed by atoms with van der Waals surface area (Å²) in [5.74, 6) is 0.709. The topological polar surface area (TPSA) is 0 Å². The van der Waals surface area contributed by atoms with Gasteiger partial charge in [-0.05, 0) is 30.9 Å². The summed E-state index contributed by atoms with van der Waals surface area (Å²) in [6, 6.07) is 6.86. The van der Waals surface area contributed by atoms with Crippen molar-refractivity contribution in [1.29, 1.82) is 0 Å². The summed E-state index contributed by atoms with van der Waals surface area (Å²) < 4.78 is 0.404. The van der Waals surface area contributed by atoms with E-state index in [0.717, 1.165) is 0 Å². The molecule has 1 unspecified atom stereocenters. The van der Waals surface area contributed by atoms with Crippen LogP contribution in [0.25, 0.3) is 0 Å². The lowest BCUT2D eigenvalue weighted by Crippen LogP contribution is -2.22. The van der Waals surface area contributed by atoms with Crippen molar-refractivity contribution in [3.8, 4) is 0 Å². The Bertz CT molecular complexity index is 352. The number of aryl methyl sites for hydroxylation is 1. The van der Waals surface area contributed by atoms with E-state index in [4.69, 9.17) is 0 Å². The Labute approximate surface area is 91.1 Å². The lowest BCUT2D eigenvalue weighted by molar-refractivity contribution is 0.545. The van der Waals surface area contributed by atoms with Crippen LogP contribution in [-0.4, -0.2) is 4.75 Å². The first-order chi connectivity index (χ1) is 6.48. The standard InChI is InChI=1S/C13H18S/c1-9-5-6-12-11(7-9)10(2)8-13(3,4)14-12/h5-7,10H,8H2,1-4H3. The van der Waals surface area contributed by atoms with Gasteiger partial charge in [-0.1, -0.05) is 38.5 Å².